The molecule has 2 aromatic rings. The van der Waals surface area contributed by atoms with Crippen molar-refractivity contribution in [1.29, 1.82) is 0 Å². The van der Waals surface area contributed by atoms with Crippen LogP contribution in [-0.4, -0.2) is 12.4 Å². The van der Waals surface area contributed by atoms with Gasteiger partial charge in [0.2, 0.25) is 0 Å². The maximum absolute atomic E-state index is 12.4. The molecule has 3 heteroatoms. The van der Waals surface area contributed by atoms with E-state index in [4.69, 9.17) is 4.74 Å². The molecule has 0 unspecified atom stereocenters. The maximum atomic E-state index is 12.4. The van der Waals surface area contributed by atoms with E-state index >= 15 is 0 Å². The summed E-state index contributed by atoms with van der Waals surface area (Å²) < 4.78 is 6.71. The number of benzene rings is 2. The Hall–Kier alpha value is -1.61. The Balaban J connectivity index is 1.78. The third-order valence-corrected chi connectivity index (χ3v) is 4.32. The zero-order valence-electron chi connectivity index (χ0n) is 12.0. The Kier molecular flexibility index (Phi) is 4.11. The summed E-state index contributed by atoms with van der Waals surface area (Å²) in [6.45, 7) is 2.76. The van der Waals surface area contributed by atoms with E-state index < -0.39 is 0 Å². The standard InChI is InChI=1S/C18H17BrO2/c1-12-4-2-3-5-13(12)10-17(20)11-15-9-16(19)8-14-6-7-21-18(14)15/h2-5,8-9H,6-7,10-11H2,1H3. The van der Waals surface area contributed by atoms with Crippen LogP contribution in [0.25, 0.3) is 0 Å². The monoisotopic (exact) mass is 344 g/mol. The predicted octanol–water partition coefficient (Wildman–Crippen LogP) is 4.05. The minimum absolute atomic E-state index is 0.222. The van der Waals surface area contributed by atoms with Crippen molar-refractivity contribution in [3.63, 3.8) is 0 Å². The van der Waals surface area contributed by atoms with Crippen LogP contribution in [0.3, 0.4) is 0 Å². The number of hydrogen-bond donors (Lipinski definition) is 0. The van der Waals surface area contributed by atoms with Crippen LogP contribution in [0.1, 0.15) is 22.3 Å². The lowest BCUT2D eigenvalue weighted by Gasteiger charge is -2.09. The largest absolute Gasteiger partial charge is 0.493 e. The van der Waals surface area contributed by atoms with Crippen LogP contribution in [0.4, 0.5) is 0 Å². The summed E-state index contributed by atoms with van der Waals surface area (Å²) in [4.78, 5) is 12.4. The molecule has 0 N–H and O–H groups in total. The van der Waals surface area contributed by atoms with E-state index in [2.05, 4.69) is 22.0 Å². The highest BCUT2D eigenvalue weighted by atomic mass is 79.9. The number of carbonyl (C=O) groups excluding carboxylic acids is 1. The van der Waals surface area contributed by atoms with Crippen molar-refractivity contribution in [1.82, 2.24) is 0 Å². The van der Waals surface area contributed by atoms with Crippen LogP contribution in [-0.2, 0) is 24.1 Å². The number of halogens is 1. The fraction of sp³-hybridized carbons (Fsp3) is 0.278. The Morgan fingerprint density at radius 3 is 2.76 bits per heavy atom. The fourth-order valence-electron chi connectivity index (χ4n) is 2.77. The zero-order valence-corrected chi connectivity index (χ0v) is 13.6. The molecule has 0 aliphatic carbocycles. The zero-order chi connectivity index (χ0) is 14.8. The van der Waals surface area contributed by atoms with E-state index in [1.807, 2.05) is 37.3 Å². The average Bonchev–Trinajstić information content (AvgIpc) is 2.89. The van der Waals surface area contributed by atoms with Gasteiger partial charge in [-0.1, -0.05) is 40.2 Å². The molecule has 1 aliphatic rings. The van der Waals surface area contributed by atoms with Gasteiger partial charge in [-0.15, -0.1) is 0 Å². The molecule has 0 spiro atoms. The number of aryl methyl sites for hydroxylation is 1. The maximum Gasteiger partial charge on any atom is 0.141 e. The first-order valence-electron chi connectivity index (χ1n) is 7.14. The lowest BCUT2D eigenvalue weighted by molar-refractivity contribution is -0.117. The average molecular weight is 345 g/mol. The summed E-state index contributed by atoms with van der Waals surface area (Å²) in [5.41, 5.74) is 4.47. The SMILES string of the molecule is Cc1ccccc1CC(=O)Cc1cc(Br)cc2c1OCC2. The third-order valence-electron chi connectivity index (χ3n) is 3.86. The van der Waals surface area contributed by atoms with Crippen molar-refractivity contribution in [2.45, 2.75) is 26.2 Å². The topological polar surface area (TPSA) is 26.3 Å². The van der Waals surface area contributed by atoms with Crippen LogP contribution in [0, 0.1) is 6.92 Å². The van der Waals surface area contributed by atoms with Crippen molar-refractivity contribution in [2.75, 3.05) is 6.61 Å². The minimum Gasteiger partial charge on any atom is -0.493 e. The van der Waals surface area contributed by atoms with Gasteiger partial charge in [0.1, 0.15) is 11.5 Å². The molecule has 2 nitrogen and oxygen atoms in total. The molecule has 3 rings (SSSR count). The molecular formula is C18H17BrO2. The van der Waals surface area contributed by atoms with Crippen molar-refractivity contribution >= 4 is 21.7 Å². The molecule has 0 amide bonds. The lowest BCUT2D eigenvalue weighted by Crippen LogP contribution is -2.08. The normalized spacial score (nSPS) is 12.9. The Morgan fingerprint density at radius 2 is 1.95 bits per heavy atom. The van der Waals surface area contributed by atoms with Crippen molar-refractivity contribution in [3.05, 3.63) is 63.1 Å². The van der Waals surface area contributed by atoms with Crippen LogP contribution in [0.15, 0.2) is 40.9 Å². The van der Waals surface area contributed by atoms with Crippen molar-refractivity contribution in [3.8, 4) is 5.75 Å². The smallest absolute Gasteiger partial charge is 0.141 e. The molecule has 0 saturated heterocycles. The van der Waals surface area contributed by atoms with E-state index in [9.17, 15) is 4.79 Å². The molecule has 0 saturated carbocycles. The third kappa shape index (κ3) is 3.18. The number of carbonyl (C=O) groups is 1. The summed E-state index contributed by atoms with van der Waals surface area (Å²) in [6, 6.07) is 12.1. The lowest BCUT2D eigenvalue weighted by atomic mass is 9.98. The summed E-state index contributed by atoms with van der Waals surface area (Å²) in [5.74, 6) is 1.14. The van der Waals surface area contributed by atoms with E-state index in [0.29, 0.717) is 19.4 Å². The molecule has 0 atom stereocenters. The van der Waals surface area contributed by atoms with Gasteiger partial charge in [-0.25, -0.2) is 0 Å². The molecule has 0 fully saturated rings. The second-order valence-electron chi connectivity index (χ2n) is 5.47. The fourth-order valence-corrected chi connectivity index (χ4v) is 3.33. The summed E-state index contributed by atoms with van der Waals surface area (Å²) in [5, 5.41) is 0. The van der Waals surface area contributed by atoms with Gasteiger partial charge in [0.15, 0.2) is 0 Å². The van der Waals surface area contributed by atoms with Gasteiger partial charge in [0, 0.05) is 29.3 Å². The number of hydrogen-bond acceptors (Lipinski definition) is 2. The Bertz CT molecular complexity index is 692. The molecule has 1 aliphatic heterocycles. The van der Waals surface area contributed by atoms with E-state index in [1.165, 1.54) is 11.1 Å². The van der Waals surface area contributed by atoms with Crippen LogP contribution < -0.4 is 4.74 Å². The van der Waals surface area contributed by atoms with Gasteiger partial charge in [-0.2, -0.15) is 0 Å². The highest BCUT2D eigenvalue weighted by Crippen LogP contribution is 2.33. The van der Waals surface area contributed by atoms with Gasteiger partial charge in [-0.05, 0) is 35.7 Å². The second kappa shape index (κ2) is 6.02. The van der Waals surface area contributed by atoms with Crippen LogP contribution in [0.2, 0.25) is 0 Å². The summed E-state index contributed by atoms with van der Waals surface area (Å²) >= 11 is 3.52. The van der Waals surface area contributed by atoms with Crippen LogP contribution >= 0.6 is 15.9 Å². The predicted molar refractivity (Wildman–Crippen MR) is 86.9 cm³/mol. The van der Waals surface area contributed by atoms with Gasteiger partial charge in [0.25, 0.3) is 0 Å². The molecular weight excluding hydrogens is 328 g/mol. The molecule has 0 bridgehead atoms. The van der Waals surface area contributed by atoms with Crippen molar-refractivity contribution in [2.24, 2.45) is 0 Å². The number of ketones is 1. The number of Topliss-reactive ketones (excluding diaryl/α,β-unsaturated/α-hetero) is 1. The summed E-state index contributed by atoms with van der Waals surface area (Å²) in [6.07, 6.45) is 1.83. The molecule has 1 heterocycles. The Morgan fingerprint density at radius 1 is 1.19 bits per heavy atom. The first-order valence-corrected chi connectivity index (χ1v) is 7.93. The highest BCUT2D eigenvalue weighted by Gasteiger charge is 2.19. The summed E-state index contributed by atoms with van der Waals surface area (Å²) in [7, 11) is 0. The van der Waals surface area contributed by atoms with Crippen molar-refractivity contribution < 1.29 is 9.53 Å². The first-order chi connectivity index (χ1) is 10.1. The number of ether oxygens (including phenoxy) is 1. The van der Waals surface area contributed by atoms with Gasteiger partial charge >= 0.3 is 0 Å². The molecule has 2 aromatic carbocycles. The van der Waals surface area contributed by atoms with E-state index in [-0.39, 0.29) is 5.78 Å². The van der Waals surface area contributed by atoms with Gasteiger partial charge in [-0.3, -0.25) is 4.79 Å². The van der Waals surface area contributed by atoms with Gasteiger partial charge in [0.05, 0.1) is 6.61 Å². The molecule has 108 valence electrons. The minimum atomic E-state index is 0.222. The highest BCUT2D eigenvalue weighted by molar-refractivity contribution is 9.10. The number of fused-ring (bicyclic) bond motifs is 1. The number of rotatable bonds is 4. The van der Waals surface area contributed by atoms with Gasteiger partial charge < -0.3 is 4.74 Å². The molecule has 21 heavy (non-hydrogen) atoms. The quantitative estimate of drug-likeness (QED) is 0.836. The van der Waals surface area contributed by atoms with Crippen LogP contribution in [0.5, 0.6) is 5.75 Å². The first kappa shape index (κ1) is 14.3. The van der Waals surface area contributed by atoms with E-state index in [1.54, 1.807) is 0 Å². The van der Waals surface area contributed by atoms with E-state index in [0.717, 1.165) is 27.8 Å². The molecule has 0 radical (unpaired) electrons. The second-order valence-corrected chi connectivity index (χ2v) is 6.39. The Labute approximate surface area is 133 Å². The molecule has 0 aromatic heterocycles.